The smallest absolute Gasteiger partial charge is 0.255 e. The minimum atomic E-state index is -1.28. The number of ketones is 1. The molecule has 4 nitrogen and oxygen atoms in total. The first-order chi connectivity index (χ1) is 16.1. The number of rotatable bonds is 7. The Balaban J connectivity index is 1.43. The molecule has 1 saturated carbocycles. The number of benzene rings is 3. The van der Waals surface area contributed by atoms with Gasteiger partial charge < -0.3 is 10.6 Å². The van der Waals surface area contributed by atoms with E-state index in [2.05, 4.69) is 10.6 Å². The summed E-state index contributed by atoms with van der Waals surface area (Å²) in [5, 5.41) is 6.79. The first-order valence-corrected chi connectivity index (χ1v) is 11.9. The highest BCUT2D eigenvalue weighted by Gasteiger charge is 2.67. The lowest BCUT2D eigenvalue weighted by Gasteiger charge is -2.11. The third-order valence-corrected chi connectivity index (χ3v) is 7.13. The summed E-state index contributed by atoms with van der Waals surface area (Å²) in [4.78, 5) is 25.5. The van der Waals surface area contributed by atoms with Crippen LogP contribution in [0.5, 0.6) is 0 Å². The van der Waals surface area contributed by atoms with Gasteiger partial charge in [-0.1, -0.05) is 34.8 Å². The number of anilines is 2. The van der Waals surface area contributed by atoms with Crippen molar-refractivity contribution in [2.45, 2.75) is 10.3 Å². The Bertz CT molecular complexity index is 1250. The quantitative estimate of drug-likeness (QED) is 0.293. The van der Waals surface area contributed by atoms with Crippen molar-refractivity contribution in [2.75, 3.05) is 17.2 Å². The van der Waals surface area contributed by atoms with Crippen molar-refractivity contribution in [2.24, 2.45) is 5.92 Å². The Morgan fingerprint density at radius 3 is 2.21 bits per heavy atom. The van der Waals surface area contributed by atoms with E-state index in [9.17, 15) is 14.0 Å². The van der Waals surface area contributed by atoms with Crippen molar-refractivity contribution in [3.05, 3.63) is 92.7 Å². The van der Waals surface area contributed by atoms with Crippen LogP contribution in [0, 0.1) is 11.7 Å². The van der Waals surface area contributed by atoms with Crippen LogP contribution in [0.1, 0.15) is 21.8 Å². The maximum Gasteiger partial charge on any atom is 0.255 e. The van der Waals surface area contributed by atoms with Crippen LogP contribution in [0.15, 0.2) is 60.7 Å². The summed E-state index contributed by atoms with van der Waals surface area (Å²) in [6.45, 7) is -0.112. The zero-order chi connectivity index (χ0) is 24.6. The summed E-state index contributed by atoms with van der Waals surface area (Å²) >= 11 is 31.2. The van der Waals surface area contributed by atoms with Gasteiger partial charge in [0.25, 0.3) is 5.91 Å². The molecule has 4 rings (SSSR count). The molecule has 1 aliphatic carbocycles. The maximum absolute atomic E-state index is 13.1. The number of amides is 1. The normalized spacial score (nSPS) is 18.3. The Morgan fingerprint density at radius 1 is 0.912 bits per heavy atom. The maximum atomic E-state index is 13.1. The van der Waals surface area contributed by atoms with E-state index >= 15 is 0 Å². The molecule has 0 bridgehead atoms. The van der Waals surface area contributed by atoms with Gasteiger partial charge in [-0.05, 0) is 66.2 Å². The topological polar surface area (TPSA) is 58.2 Å². The summed E-state index contributed by atoms with van der Waals surface area (Å²) in [6, 6.07) is 14.9. The van der Waals surface area contributed by atoms with Crippen LogP contribution in [0.25, 0.3) is 0 Å². The molecular formula is C24H16Cl5FN2O2. The summed E-state index contributed by atoms with van der Waals surface area (Å²) in [7, 11) is 0. The first kappa shape index (κ1) is 25.1. The number of Topliss-reactive ketones (excluding diaryl/α,β-unsaturated/α-hetero) is 1. The van der Waals surface area contributed by atoms with E-state index in [1.165, 1.54) is 42.5 Å². The number of carbonyl (C=O) groups is 2. The van der Waals surface area contributed by atoms with Gasteiger partial charge in [-0.2, -0.15) is 0 Å². The van der Waals surface area contributed by atoms with Gasteiger partial charge in [-0.3, -0.25) is 9.59 Å². The van der Waals surface area contributed by atoms with Crippen LogP contribution >= 0.6 is 58.0 Å². The summed E-state index contributed by atoms with van der Waals surface area (Å²) in [6.07, 6.45) is 0. The van der Waals surface area contributed by atoms with Crippen molar-refractivity contribution in [3.8, 4) is 0 Å². The molecule has 2 N–H and O–H groups in total. The molecule has 0 heterocycles. The molecule has 0 saturated heterocycles. The van der Waals surface area contributed by atoms with Gasteiger partial charge in [-0.15, -0.1) is 23.2 Å². The van der Waals surface area contributed by atoms with E-state index in [1.54, 1.807) is 18.2 Å². The Hall–Kier alpha value is -2.02. The van der Waals surface area contributed by atoms with Crippen LogP contribution < -0.4 is 10.6 Å². The molecule has 0 aliphatic heterocycles. The largest absolute Gasteiger partial charge is 0.377 e. The first-order valence-electron chi connectivity index (χ1n) is 10.0. The average molecular weight is 561 g/mol. The van der Waals surface area contributed by atoms with Gasteiger partial charge >= 0.3 is 0 Å². The highest BCUT2D eigenvalue weighted by molar-refractivity contribution is 6.53. The minimum absolute atomic E-state index is 0.112. The molecule has 3 aromatic rings. The van der Waals surface area contributed by atoms with Crippen LogP contribution in [0.2, 0.25) is 15.1 Å². The monoisotopic (exact) mass is 558 g/mol. The Kier molecular flexibility index (Phi) is 7.32. The predicted octanol–water partition coefficient (Wildman–Crippen LogP) is 7.61. The molecule has 0 spiro atoms. The van der Waals surface area contributed by atoms with Crippen molar-refractivity contribution >= 4 is 81.1 Å². The van der Waals surface area contributed by atoms with Gasteiger partial charge in [0, 0.05) is 27.2 Å². The van der Waals surface area contributed by atoms with Crippen LogP contribution in [-0.2, 0) is 4.79 Å². The molecule has 10 heteroatoms. The van der Waals surface area contributed by atoms with E-state index in [4.69, 9.17) is 58.0 Å². The third-order valence-electron chi connectivity index (χ3n) is 5.43. The van der Waals surface area contributed by atoms with Crippen LogP contribution in [0.4, 0.5) is 15.8 Å². The molecule has 1 amide bonds. The summed E-state index contributed by atoms with van der Waals surface area (Å²) in [5.74, 6) is -2.18. The second kappa shape index (κ2) is 9.92. The lowest BCUT2D eigenvalue weighted by Crippen LogP contribution is -2.19. The van der Waals surface area contributed by atoms with Crippen LogP contribution in [-0.4, -0.2) is 22.6 Å². The van der Waals surface area contributed by atoms with Gasteiger partial charge in [-0.25, -0.2) is 4.39 Å². The molecule has 34 heavy (non-hydrogen) atoms. The molecule has 1 aliphatic rings. The molecule has 2 atom stereocenters. The molecular weight excluding hydrogens is 545 g/mol. The SMILES string of the molecule is O=C(Nc1ccc(F)cc1)c1ccc(Cl)c(NCC(=O)C2C(c3cc(Cl)cc(Cl)c3)C2(Cl)Cl)c1. The van der Waals surface area contributed by atoms with E-state index < -0.39 is 27.9 Å². The van der Waals surface area contributed by atoms with E-state index in [0.717, 1.165) is 0 Å². The number of hydrogen-bond acceptors (Lipinski definition) is 3. The molecule has 3 aromatic carbocycles. The third kappa shape index (κ3) is 5.45. The molecule has 176 valence electrons. The zero-order valence-electron chi connectivity index (χ0n) is 17.2. The lowest BCUT2D eigenvalue weighted by atomic mass is 10.1. The fourth-order valence-corrected chi connectivity index (χ4v) is 5.33. The summed E-state index contributed by atoms with van der Waals surface area (Å²) < 4.78 is 11.8. The highest BCUT2D eigenvalue weighted by Crippen LogP contribution is 2.65. The van der Waals surface area contributed by atoms with Crippen LogP contribution in [0.3, 0.4) is 0 Å². The van der Waals surface area contributed by atoms with E-state index in [-0.39, 0.29) is 12.3 Å². The molecule has 2 unspecified atom stereocenters. The number of halogens is 6. The Labute approximate surface area is 220 Å². The molecule has 1 fully saturated rings. The molecule has 0 radical (unpaired) electrons. The van der Waals surface area contributed by atoms with E-state index in [1.807, 2.05) is 0 Å². The standard InChI is InChI=1S/C24H16Cl5FN2O2/c25-14-7-13(8-15(26)10-14)21-22(24(21,28)29)20(33)11-31-19-9-12(1-6-18(19)27)23(34)32-17-4-2-16(30)3-5-17/h1-10,21-22,31H,11H2,(H,32,34). The molecule has 0 aromatic heterocycles. The fraction of sp³-hybridized carbons (Fsp3) is 0.167. The van der Waals surface area contributed by atoms with Gasteiger partial charge in [0.05, 0.1) is 23.2 Å². The number of carbonyl (C=O) groups excluding carboxylic acids is 2. The predicted molar refractivity (Wildman–Crippen MR) is 136 cm³/mol. The van der Waals surface area contributed by atoms with Gasteiger partial charge in [0.2, 0.25) is 0 Å². The number of alkyl halides is 2. The van der Waals surface area contributed by atoms with Crippen molar-refractivity contribution < 1.29 is 14.0 Å². The number of hydrogen-bond donors (Lipinski definition) is 2. The average Bonchev–Trinajstić information content (AvgIpc) is 3.36. The Morgan fingerprint density at radius 2 is 1.56 bits per heavy atom. The second-order valence-electron chi connectivity index (χ2n) is 7.81. The van der Waals surface area contributed by atoms with Gasteiger partial charge in [0.1, 0.15) is 10.2 Å². The highest BCUT2D eigenvalue weighted by atomic mass is 35.5. The lowest BCUT2D eigenvalue weighted by molar-refractivity contribution is -0.118. The minimum Gasteiger partial charge on any atom is -0.377 e. The van der Waals surface area contributed by atoms with Crippen molar-refractivity contribution in [1.29, 1.82) is 0 Å². The van der Waals surface area contributed by atoms with Crippen molar-refractivity contribution in [1.82, 2.24) is 0 Å². The zero-order valence-corrected chi connectivity index (χ0v) is 21.0. The van der Waals surface area contributed by atoms with Gasteiger partial charge in [0.15, 0.2) is 5.78 Å². The number of nitrogens with one attached hydrogen (secondary N) is 2. The summed E-state index contributed by atoms with van der Waals surface area (Å²) in [5.41, 5.74) is 1.80. The van der Waals surface area contributed by atoms with E-state index in [0.29, 0.717) is 37.6 Å². The fourth-order valence-electron chi connectivity index (χ4n) is 3.73. The van der Waals surface area contributed by atoms with Crippen molar-refractivity contribution in [3.63, 3.8) is 0 Å². The second-order valence-corrected chi connectivity index (χ2v) is 10.5.